The molecule has 1 aliphatic heterocycles. The highest BCUT2D eigenvalue weighted by atomic mass is 19.4. The number of carbonyl (C=O) groups is 2. The zero-order valence-electron chi connectivity index (χ0n) is 18.2. The predicted molar refractivity (Wildman–Crippen MR) is 107 cm³/mol. The summed E-state index contributed by atoms with van der Waals surface area (Å²) in [5.74, 6) is -1.49. The second kappa shape index (κ2) is 11.4. The first-order valence-corrected chi connectivity index (χ1v) is 10.2. The van der Waals surface area contributed by atoms with E-state index >= 15 is 0 Å². The summed E-state index contributed by atoms with van der Waals surface area (Å²) < 4.78 is 60.6. The molecule has 1 aliphatic rings. The number of amides is 1. The number of halogens is 3. The number of hydrogen-bond donors (Lipinski definition) is 3. The average Bonchev–Trinajstić information content (AvgIpc) is 3.37. The van der Waals surface area contributed by atoms with Crippen molar-refractivity contribution in [2.24, 2.45) is 0 Å². The number of nitrogens with one attached hydrogen (secondary N) is 1. The highest BCUT2D eigenvalue weighted by Gasteiger charge is 2.43. The van der Waals surface area contributed by atoms with E-state index in [9.17, 15) is 33.0 Å². The molecule has 4 atom stereocenters. The van der Waals surface area contributed by atoms with E-state index in [2.05, 4.69) is 24.9 Å². The number of alkyl halides is 3. The Morgan fingerprint density at radius 2 is 1.80 bits per heavy atom. The largest absolute Gasteiger partial charge is 0.573 e. The molecular formula is C20H22F3N3O9. The number of ether oxygens (including phenoxy) is 4. The van der Waals surface area contributed by atoms with Gasteiger partial charge in [0.05, 0.1) is 19.6 Å². The summed E-state index contributed by atoms with van der Waals surface area (Å²) >= 11 is 0. The lowest BCUT2D eigenvalue weighted by Crippen LogP contribution is -2.41. The zero-order chi connectivity index (χ0) is 25.6. The molecule has 1 fully saturated rings. The zero-order valence-corrected chi connectivity index (χ0v) is 18.2. The standard InChI is InChI=1S/C20H22F3N3O9/c1-31-16(28)9-32-8-14(27)24-7-13-18(30)17(29)12(33-13)6-15-25-19(26-35-15)10-2-4-11(5-3-10)34-20(21,22)23/h2-5,12-13,17-18,29-30H,6-9H2,1H3,(H,24,27)/t12-,13+,17-,18+/m0/s1. The Balaban J connectivity index is 1.50. The van der Waals surface area contributed by atoms with E-state index in [4.69, 9.17) is 14.0 Å². The molecule has 15 heteroatoms. The number of hydrogen-bond acceptors (Lipinski definition) is 11. The number of nitrogens with zero attached hydrogens (tertiary/aromatic N) is 2. The van der Waals surface area contributed by atoms with Crippen LogP contribution in [0.5, 0.6) is 5.75 Å². The summed E-state index contributed by atoms with van der Waals surface area (Å²) in [6, 6.07) is 4.82. The van der Waals surface area contributed by atoms with Crippen LogP contribution in [0.2, 0.25) is 0 Å². The van der Waals surface area contributed by atoms with E-state index in [-0.39, 0.29) is 24.7 Å². The Morgan fingerprint density at radius 3 is 2.46 bits per heavy atom. The third kappa shape index (κ3) is 7.61. The van der Waals surface area contributed by atoms with Crippen molar-refractivity contribution < 1.29 is 56.4 Å². The van der Waals surface area contributed by atoms with Crippen LogP contribution in [0, 0.1) is 0 Å². The second-order valence-corrected chi connectivity index (χ2v) is 7.36. The molecule has 1 saturated heterocycles. The number of aromatic nitrogens is 2. The minimum Gasteiger partial charge on any atom is -0.467 e. The Kier molecular flexibility index (Phi) is 8.61. The Morgan fingerprint density at radius 1 is 1.11 bits per heavy atom. The van der Waals surface area contributed by atoms with Gasteiger partial charge in [0.25, 0.3) is 0 Å². The number of aliphatic hydroxyl groups excluding tert-OH is 2. The van der Waals surface area contributed by atoms with Crippen LogP contribution in [-0.2, 0) is 30.2 Å². The van der Waals surface area contributed by atoms with Crippen LogP contribution in [0.4, 0.5) is 13.2 Å². The fourth-order valence-corrected chi connectivity index (χ4v) is 3.15. The quantitative estimate of drug-likeness (QED) is 0.372. The number of aliphatic hydroxyl groups is 2. The van der Waals surface area contributed by atoms with Gasteiger partial charge >= 0.3 is 12.3 Å². The molecule has 0 saturated carbocycles. The van der Waals surface area contributed by atoms with E-state index in [0.717, 1.165) is 12.1 Å². The van der Waals surface area contributed by atoms with Crippen molar-refractivity contribution >= 4 is 11.9 Å². The fourth-order valence-electron chi connectivity index (χ4n) is 3.15. The topological polar surface area (TPSA) is 162 Å². The molecule has 0 bridgehead atoms. The van der Waals surface area contributed by atoms with Crippen LogP contribution in [0.3, 0.4) is 0 Å². The lowest BCUT2D eigenvalue weighted by molar-refractivity contribution is -0.274. The van der Waals surface area contributed by atoms with Crippen molar-refractivity contribution in [3.05, 3.63) is 30.2 Å². The number of esters is 1. The van der Waals surface area contributed by atoms with Gasteiger partial charge in [-0.2, -0.15) is 4.98 Å². The van der Waals surface area contributed by atoms with Gasteiger partial charge in [-0.3, -0.25) is 4.79 Å². The first-order chi connectivity index (χ1) is 16.6. The predicted octanol–water partition coefficient (Wildman–Crippen LogP) is -0.0273. The van der Waals surface area contributed by atoms with Crippen molar-refractivity contribution in [2.45, 2.75) is 37.2 Å². The van der Waals surface area contributed by atoms with E-state index in [0.29, 0.717) is 5.56 Å². The molecule has 1 aromatic carbocycles. The lowest BCUT2D eigenvalue weighted by atomic mass is 10.1. The molecule has 192 valence electrons. The van der Waals surface area contributed by atoms with E-state index in [1.54, 1.807) is 0 Å². The minimum atomic E-state index is -4.81. The summed E-state index contributed by atoms with van der Waals surface area (Å²) in [6.45, 7) is -0.959. The Hall–Kier alpha value is -3.27. The fraction of sp³-hybridized carbons (Fsp3) is 0.500. The van der Waals surface area contributed by atoms with Gasteiger partial charge in [-0.1, -0.05) is 5.16 Å². The van der Waals surface area contributed by atoms with Gasteiger partial charge in [-0.15, -0.1) is 13.2 Å². The van der Waals surface area contributed by atoms with Gasteiger partial charge in [0.1, 0.15) is 37.3 Å². The van der Waals surface area contributed by atoms with Crippen molar-refractivity contribution in [1.29, 1.82) is 0 Å². The molecule has 0 spiro atoms. The van der Waals surface area contributed by atoms with Gasteiger partial charge in [0.2, 0.25) is 17.6 Å². The van der Waals surface area contributed by atoms with Crippen LogP contribution < -0.4 is 10.1 Å². The summed E-state index contributed by atoms with van der Waals surface area (Å²) in [4.78, 5) is 26.8. The van der Waals surface area contributed by atoms with Crippen LogP contribution in [0.15, 0.2) is 28.8 Å². The first-order valence-electron chi connectivity index (χ1n) is 10.2. The third-order valence-electron chi connectivity index (χ3n) is 4.83. The maximum atomic E-state index is 12.3. The average molecular weight is 505 g/mol. The molecule has 2 heterocycles. The molecule has 1 amide bonds. The maximum absolute atomic E-state index is 12.3. The highest BCUT2D eigenvalue weighted by Crippen LogP contribution is 2.27. The monoisotopic (exact) mass is 505 g/mol. The first kappa shape index (κ1) is 26.3. The summed E-state index contributed by atoms with van der Waals surface area (Å²) in [5.41, 5.74) is 0.359. The second-order valence-electron chi connectivity index (χ2n) is 7.36. The lowest BCUT2D eigenvalue weighted by Gasteiger charge is -2.15. The normalized spacial score (nSPS) is 22.1. The molecule has 0 unspecified atom stereocenters. The molecule has 3 rings (SSSR count). The minimum absolute atomic E-state index is 0.0489. The maximum Gasteiger partial charge on any atom is 0.573 e. The number of rotatable bonds is 10. The third-order valence-corrected chi connectivity index (χ3v) is 4.83. The summed E-state index contributed by atoms with van der Waals surface area (Å²) in [6.07, 6.45) is -9.40. The van der Waals surface area contributed by atoms with E-state index in [1.807, 2.05) is 0 Å². The van der Waals surface area contributed by atoms with Gasteiger partial charge in [0, 0.05) is 12.1 Å². The highest BCUT2D eigenvalue weighted by molar-refractivity contribution is 5.77. The Labute approximate surface area is 195 Å². The molecule has 2 aromatic rings. The molecular weight excluding hydrogens is 483 g/mol. The van der Waals surface area contributed by atoms with Gasteiger partial charge in [-0.25, -0.2) is 4.79 Å². The van der Waals surface area contributed by atoms with E-state index in [1.165, 1.54) is 19.2 Å². The number of benzene rings is 1. The smallest absolute Gasteiger partial charge is 0.467 e. The van der Waals surface area contributed by atoms with Crippen molar-refractivity contribution in [1.82, 2.24) is 15.5 Å². The van der Waals surface area contributed by atoms with Crippen molar-refractivity contribution in [2.75, 3.05) is 26.9 Å². The summed E-state index contributed by atoms with van der Waals surface area (Å²) in [7, 11) is 1.18. The molecule has 3 N–H and O–H groups in total. The van der Waals surface area contributed by atoms with Crippen molar-refractivity contribution in [3.63, 3.8) is 0 Å². The van der Waals surface area contributed by atoms with Crippen LogP contribution >= 0.6 is 0 Å². The molecule has 0 radical (unpaired) electrons. The molecule has 0 aliphatic carbocycles. The molecule has 1 aromatic heterocycles. The van der Waals surface area contributed by atoms with Gasteiger partial charge < -0.3 is 39.0 Å². The number of carbonyl (C=O) groups excluding carboxylic acids is 2. The van der Waals surface area contributed by atoms with Gasteiger partial charge in [-0.05, 0) is 24.3 Å². The molecule has 12 nitrogen and oxygen atoms in total. The molecule has 35 heavy (non-hydrogen) atoms. The van der Waals surface area contributed by atoms with Crippen molar-refractivity contribution in [3.8, 4) is 17.1 Å². The van der Waals surface area contributed by atoms with E-state index < -0.39 is 61.6 Å². The van der Waals surface area contributed by atoms with Crippen LogP contribution in [0.1, 0.15) is 5.89 Å². The SMILES string of the molecule is COC(=O)COCC(=O)NC[C@H]1O[C@@H](Cc2nc(-c3ccc(OC(F)(F)F)cc3)no2)[C@H](O)[C@@H]1O. The summed E-state index contributed by atoms with van der Waals surface area (Å²) in [5, 5.41) is 26.7. The number of methoxy groups -OCH3 is 1. The van der Waals surface area contributed by atoms with Crippen LogP contribution in [0.25, 0.3) is 11.4 Å². The van der Waals surface area contributed by atoms with Gasteiger partial charge in [0.15, 0.2) is 0 Å². The Bertz CT molecular complexity index is 1000. The van der Waals surface area contributed by atoms with Crippen LogP contribution in [-0.4, -0.2) is 89.9 Å².